The van der Waals surface area contributed by atoms with Gasteiger partial charge in [-0.3, -0.25) is 0 Å². The van der Waals surface area contributed by atoms with Crippen LogP contribution in [0.3, 0.4) is 0 Å². The third-order valence-corrected chi connectivity index (χ3v) is 8.51. The first kappa shape index (κ1) is 28.5. The summed E-state index contributed by atoms with van der Waals surface area (Å²) in [6.45, 7) is 3.85. The number of carbonyl (C=O) groups excluding carboxylic acids is 1. The first-order valence-electron chi connectivity index (χ1n) is 14.1. The van der Waals surface area contributed by atoms with Crippen molar-refractivity contribution in [2.75, 3.05) is 24.6 Å². The topological polar surface area (TPSA) is 86.9 Å². The van der Waals surface area contributed by atoms with Gasteiger partial charge in [0.25, 0.3) is 0 Å². The quantitative estimate of drug-likeness (QED) is 0.183. The molecule has 8 nitrogen and oxygen atoms in total. The van der Waals surface area contributed by atoms with Crippen molar-refractivity contribution in [3.63, 3.8) is 0 Å². The van der Waals surface area contributed by atoms with Gasteiger partial charge in [0.1, 0.15) is 17.2 Å². The van der Waals surface area contributed by atoms with Crippen LogP contribution >= 0.6 is 11.3 Å². The van der Waals surface area contributed by atoms with Crippen LogP contribution in [0.5, 0.6) is 5.75 Å². The molecule has 2 aliphatic rings. The molecule has 1 saturated carbocycles. The largest absolute Gasteiger partial charge is 0.573 e. The van der Waals surface area contributed by atoms with Crippen LogP contribution in [0.4, 0.5) is 18.3 Å². The molecule has 0 radical (unpaired) electrons. The molecule has 1 saturated heterocycles. The SMILES string of the molecule is CCOC(=O)c1ccc2nc(N3CCCC(OCc4c(-c5ccccc5OC(F)(F)F)noc4C4CC4)CC3)sc2c1. The summed E-state index contributed by atoms with van der Waals surface area (Å²) in [4.78, 5) is 19.2. The summed E-state index contributed by atoms with van der Waals surface area (Å²) >= 11 is 1.55. The highest BCUT2D eigenvalue weighted by Gasteiger charge is 2.36. The van der Waals surface area contributed by atoms with E-state index in [9.17, 15) is 18.0 Å². The minimum absolute atomic E-state index is 0.0451. The molecule has 2 fully saturated rings. The van der Waals surface area contributed by atoms with Gasteiger partial charge in [-0.05, 0) is 69.4 Å². The van der Waals surface area contributed by atoms with Gasteiger partial charge < -0.3 is 23.6 Å². The number of rotatable bonds is 9. The average Bonchev–Trinajstić information content (AvgIpc) is 3.65. The number of halogens is 3. The molecule has 0 amide bonds. The van der Waals surface area contributed by atoms with Crippen LogP contribution in [0.1, 0.15) is 66.6 Å². The van der Waals surface area contributed by atoms with Crippen LogP contribution in [0.25, 0.3) is 21.5 Å². The Morgan fingerprint density at radius 3 is 2.74 bits per heavy atom. The Labute approximate surface area is 244 Å². The lowest BCUT2D eigenvalue weighted by molar-refractivity contribution is -0.274. The van der Waals surface area contributed by atoms with Crippen molar-refractivity contribution in [3.05, 3.63) is 59.4 Å². The zero-order chi connectivity index (χ0) is 29.3. The Balaban J connectivity index is 1.15. The number of alkyl halides is 3. The van der Waals surface area contributed by atoms with Crippen LogP contribution in [0.15, 0.2) is 47.0 Å². The van der Waals surface area contributed by atoms with Gasteiger partial charge in [0, 0.05) is 30.1 Å². The minimum Gasteiger partial charge on any atom is -0.462 e. The molecular formula is C30H30F3N3O5S. The van der Waals surface area contributed by atoms with Crippen molar-refractivity contribution in [2.24, 2.45) is 0 Å². The van der Waals surface area contributed by atoms with Crippen molar-refractivity contribution in [2.45, 2.75) is 64.0 Å². The molecule has 1 aliphatic heterocycles. The summed E-state index contributed by atoms with van der Waals surface area (Å²) in [5.41, 5.74) is 2.57. The Bertz CT molecular complexity index is 1570. The Kier molecular flexibility index (Phi) is 8.09. The number of ether oxygens (including phenoxy) is 3. The number of carbonyl (C=O) groups is 1. The van der Waals surface area contributed by atoms with E-state index >= 15 is 0 Å². The maximum atomic E-state index is 13.1. The van der Waals surface area contributed by atoms with Gasteiger partial charge in [0.2, 0.25) is 0 Å². The van der Waals surface area contributed by atoms with Crippen LogP contribution in [0.2, 0.25) is 0 Å². The molecule has 0 bridgehead atoms. The number of anilines is 1. The molecule has 42 heavy (non-hydrogen) atoms. The summed E-state index contributed by atoms with van der Waals surface area (Å²) in [6, 6.07) is 11.4. The fraction of sp³-hybridized carbons (Fsp3) is 0.433. The van der Waals surface area contributed by atoms with E-state index in [1.807, 2.05) is 12.1 Å². The van der Waals surface area contributed by atoms with Crippen molar-refractivity contribution < 1.29 is 36.7 Å². The molecule has 2 aromatic heterocycles. The highest BCUT2D eigenvalue weighted by molar-refractivity contribution is 7.22. The second kappa shape index (κ2) is 11.9. The fourth-order valence-electron chi connectivity index (χ4n) is 5.23. The highest BCUT2D eigenvalue weighted by atomic mass is 32.1. The minimum atomic E-state index is -4.82. The van der Waals surface area contributed by atoms with Gasteiger partial charge in [0.05, 0.1) is 35.1 Å². The number of fused-ring (bicyclic) bond motifs is 1. The van der Waals surface area contributed by atoms with E-state index in [2.05, 4.69) is 14.8 Å². The van der Waals surface area contributed by atoms with Gasteiger partial charge in [-0.2, -0.15) is 0 Å². The van der Waals surface area contributed by atoms with Crippen LogP contribution < -0.4 is 9.64 Å². The first-order valence-corrected chi connectivity index (χ1v) is 14.9. The van der Waals surface area contributed by atoms with Gasteiger partial charge in [-0.15, -0.1) is 13.2 Å². The Morgan fingerprint density at radius 1 is 1.12 bits per heavy atom. The third-order valence-electron chi connectivity index (χ3n) is 7.43. The normalized spacial score (nSPS) is 17.8. The van der Waals surface area contributed by atoms with Crippen molar-refractivity contribution in [1.82, 2.24) is 10.1 Å². The number of esters is 1. The lowest BCUT2D eigenvalue weighted by Gasteiger charge is -2.19. The van der Waals surface area contributed by atoms with Gasteiger partial charge in [0.15, 0.2) is 5.13 Å². The lowest BCUT2D eigenvalue weighted by atomic mass is 10.0. The van der Waals surface area contributed by atoms with Crippen LogP contribution in [0, 0.1) is 0 Å². The summed E-state index contributed by atoms with van der Waals surface area (Å²) in [5.74, 6) is 0.214. The lowest BCUT2D eigenvalue weighted by Crippen LogP contribution is -2.24. The number of aromatic nitrogens is 2. The standard InChI is InChI=1S/C30H30F3N3O5S/c1-2-38-28(37)19-11-12-23-25(16-19)42-29(34-23)36-14-5-6-20(13-15-36)39-17-22-26(35-41-27(22)18-9-10-18)21-7-3-4-8-24(21)40-30(31,32)33/h3-4,7-8,11-12,16,18,20H,2,5-6,9-10,13-15,17H2,1H3. The van der Waals surface area contributed by atoms with Crippen LogP contribution in [-0.2, 0) is 16.1 Å². The van der Waals surface area contributed by atoms with Gasteiger partial charge in [-0.25, -0.2) is 9.78 Å². The summed E-state index contributed by atoms with van der Waals surface area (Å²) < 4.78 is 61.6. The highest BCUT2D eigenvalue weighted by Crippen LogP contribution is 2.46. The molecule has 12 heteroatoms. The molecule has 4 aromatic rings. The van der Waals surface area contributed by atoms with E-state index in [1.165, 1.54) is 12.1 Å². The van der Waals surface area contributed by atoms with E-state index in [4.69, 9.17) is 19.0 Å². The van der Waals surface area contributed by atoms with Crippen molar-refractivity contribution in [3.8, 4) is 17.0 Å². The molecule has 2 aromatic carbocycles. The zero-order valence-corrected chi connectivity index (χ0v) is 23.8. The van der Waals surface area contributed by atoms with Crippen molar-refractivity contribution >= 4 is 32.7 Å². The number of para-hydroxylation sites is 1. The Morgan fingerprint density at radius 2 is 1.95 bits per heavy atom. The van der Waals surface area contributed by atoms with E-state index in [0.29, 0.717) is 29.2 Å². The Hall–Kier alpha value is -3.64. The molecule has 6 rings (SSSR count). The number of benzene rings is 2. The first-order chi connectivity index (χ1) is 20.3. The molecule has 3 heterocycles. The predicted molar refractivity (Wildman–Crippen MR) is 151 cm³/mol. The van der Waals surface area contributed by atoms with Crippen molar-refractivity contribution in [1.29, 1.82) is 0 Å². The van der Waals surface area contributed by atoms with Crippen LogP contribution in [-0.4, -0.2) is 48.3 Å². The number of hydrogen-bond acceptors (Lipinski definition) is 9. The smallest absolute Gasteiger partial charge is 0.462 e. The molecule has 1 atom stereocenters. The molecule has 222 valence electrons. The summed E-state index contributed by atoms with van der Waals surface area (Å²) in [6.07, 6.45) is -0.485. The van der Waals surface area contributed by atoms with Gasteiger partial charge >= 0.3 is 12.3 Å². The van der Waals surface area contributed by atoms with E-state index in [1.54, 1.807) is 36.5 Å². The average molecular weight is 602 g/mol. The molecule has 1 aliphatic carbocycles. The van der Waals surface area contributed by atoms with E-state index in [0.717, 1.165) is 60.5 Å². The van der Waals surface area contributed by atoms with E-state index in [-0.39, 0.29) is 35.9 Å². The summed E-state index contributed by atoms with van der Waals surface area (Å²) in [7, 11) is 0. The number of hydrogen-bond donors (Lipinski definition) is 0. The fourth-order valence-corrected chi connectivity index (χ4v) is 6.29. The monoisotopic (exact) mass is 601 g/mol. The molecule has 0 N–H and O–H groups in total. The predicted octanol–water partition coefficient (Wildman–Crippen LogP) is 7.48. The third kappa shape index (κ3) is 6.39. The summed E-state index contributed by atoms with van der Waals surface area (Å²) in [5, 5.41) is 5.07. The molecule has 1 unspecified atom stereocenters. The van der Waals surface area contributed by atoms with Gasteiger partial charge in [-0.1, -0.05) is 28.6 Å². The molecule has 0 spiro atoms. The maximum Gasteiger partial charge on any atom is 0.573 e. The second-order valence-corrected chi connectivity index (χ2v) is 11.5. The number of thiazole rings is 1. The second-order valence-electron chi connectivity index (χ2n) is 10.4. The number of nitrogens with zero attached hydrogens (tertiary/aromatic N) is 3. The maximum absolute atomic E-state index is 13.1. The van der Waals surface area contributed by atoms with E-state index < -0.39 is 6.36 Å². The zero-order valence-electron chi connectivity index (χ0n) is 23.0. The molecular weight excluding hydrogens is 571 g/mol.